The molecule has 0 saturated heterocycles. The molecule has 0 aliphatic heterocycles. The maximum absolute atomic E-state index is 13.4. The highest BCUT2D eigenvalue weighted by Crippen LogP contribution is 2.17. The van der Waals surface area contributed by atoms with Crippen LogP contribution in [-0.4, -0.2) is 23.1 Å². The summed E-state index contributed by atoms with van der Waals surface area (Å²) in [5.41, 5.74) is 0.387. The molecule has 72 valence electrons. The van der Waals surface area contributed by atoms with E-state index in [9.17, 15) is 4.39 Å². The maximum Gasteiger partial charge on any atom is 0.186 e. The molecule has 1 aromatic heterocycles. The van der Waals surface area contributed by atoms with Gasteiger partial charge in [0.2, 0.25) is 0 Å². The Bertz CT molecular complexity index is 299. The average Bonchev–Trinajstić information content (AvgIpc) is 2.08. The van der Waals surface area contributed by atoms with Crippen molar-refractivity contribution in [2.45, 2.75) is 26.8 Å². The molecule has 1 heterocycles. The molecule has 0 radical (unpaired) electrons. The SMILES string of the molecule is Cc1ncnc(N(C)C(C)C)c1F. The zero-order valence-corrected chi connectivity index (χ0v) is 8.37. The number of aromatic nitrogens is 2. The molecule has 0 saturated carbocycles. The van der Waals surface area contributed by atoms with Gasteiger partial charge in [-0.1, -0.05) is 0 Å². The summed E-state index contributed by atoms with van der Waals surface area (Å²) in [5, 5.41) is 0. The van der Waals surface area contributed by atoms with Gasteiger partial charge >= 0.3 is 0 Å². The smallest absolute Gasteiger partial charge is 0.186 e. The van der Waals surface area contributed by atoms with Crippen LogP contribution in [0.25, 0.3) is 0 Å². The van der Waals surface area contributed by atoms with Gasteiger partial charge in [-0.2, -0.15) is 0 Å². The van der Waals surface area contributed by atoms with Crippen molar-refractivity contribution in [3.8, 4) is 0 Å². The number of nitrogens with zero attached hydrogens (tertiary/aromatic N) is 3. The highest BCUT2D eigenvalue weighted by Gasteiger charge is 2.13. The van der Waals surface area contributed by atoms with Gasteiger partial charge in [-0.3, -0.25) is 0 Å². The maximum atomic E-state index is 13.4. The molecule has 0 unspecified atom stereocenters. The van der Waals surface area contributed by atoms with E-state index in [0.717, 1.165) is 0 Å². The Labute approximate surface area is 77.6 Å². The normalized spacial score (nSPS) is 10.6. The molecule has 0 fully saturated rings. The van der Waals surface area contributed by atoms with Gasteiger partial charge in [0.05, 0.1) is 5.69 Å². The molecule has 0 bridgehead atoms. The number of rotatable bonds is 2. The highest BCUT2D eigenvalue weighted by atomic mass is 19.1. The third-order valence-electron chi connectivity index (χ3n) is 2.05. The molecule has 0 amide bonds. The minimum atomic E-state index is -0.335. The topological polar surface area (TPSA) is 29.0 Å². The monoisotopic (exact) mass is 183 g/mol. The lowest BCUT2D eigenvalue weighted by Gasteiger charge is -2.22. The number of hydrogen-bond acceptors (Lipinski definition) is 3. The van der Waals surface area contributed by atoms with Crippen LogP contribution in [0.4, 0.5) is 10.2 Å². The minimum absolute atomic E-state index is 0.226. The Kier molecular flexibility index (Phi) is 2.80. The molecular weight excluding hydrogens is 169 g/mol. The Morgan fingerprint density at radius 3 is 2.54 bits per heavy atom. The van der Waals surface area contributed by atoms with Crippen LogP contribution in [0.1, 0.15) is 19.5 Å². The number of hydrogen-bond donors (Lipinski definition) is 0. The first-order valence-corrected chi connectivity index (χ1v) is 4.24. The fraction of sp³-hybridized carbons (Fsp3) is 0.556. The van der Waals surface area contributed by atoms with E-state index in [1.54, 1.807) is 11.8 Å². The summed E-state index contributed by atoms with van der Waals surface area (Å²) in [6.07, 6.45) is 1.38. The van der Waals surface area contributed by atoms with Gasteiger partial charge in [0.1, 0.15) is 6.33 Å². The van der Waals surface area contributed by atoms with Crippen molar-refractivity contribution in [3.05, 3.63) is 17.8 Å². The molecule has 1 rings (SSSR count). The van der Waals surface area contributed by atoms with E-state index in [-0.39, 0.29) is 11.9 Å². The van der Waals surface area contributed by atoms with Gasteiger partial charge in [-0.05, 0) is 20.8 Å². The van der Waals surface area contributed by atoms with E-state index in [1.807, 2.05) is 20.9 Å². The lowest BCUT2D eigenvalue weighted by molar-refractivity contribution is 0.587. The van der Waals surface area contributed by atoms with Crippen molar-refractivity contribution >= 4 is 5.82 Å². The van der Waals surface area contributed by atoms with Crippen LogP contribution in [0, 0.1) is 12.7 Å². The van der Waals surface area contributed by atoms with Crippen LogP contribution in [-0.2, 0) is 0 Å². The van der Waals surface area contributed by atoms with Gasteiger partial charge in [-0.25, -0.2) is 14.4 Å². The Morgan fingerprint density at radius 2 is 2.00 bits per heavy atom. The van der Waals surface area contributed by atoms with E-state index in [1.165, 1.54) is 6.33 Å². The third-order valence-corrected chi connectivity index (χ3v) is 2.05. The summed E-state index contributed by atoms with van der Waals surface area (Å²) in [6, 6.07) is 0.226. The average molecular weight is 183 g/mol. The molecule has 0 atom stereocenters. The third kappa shape index (κ3) is 1.94. The molecule has 0 N–H and O–H groups in total. The lowest BCUT2D eigenvalue weighted by Crippen LogP contribution is -2.27. The van der Waals surface area contributed by atoms with Gasteiger partial charge in [0, 0.05) is 13.1 Å². The van der Waals surface area contributed by atoms with Crippen LogP contribution in [0.15, 0.2) is 6.33 Å². The first-order chi connectivity index (χ1) is 6.04. The number of halogens is 1. The molecular formula is C9H14FN3. The van der Waals surface area contributed by atoms with Crippen molar-refractivity contribution in [2.24, 2.45) is 0 Å². The van der Waals surface area contributed by atoms with Crippen molar-refractivity contribution in [1.82, 2.24) is 9.97 Å². The second-order valence-electron chi connectivity index (χ2n) is 3.30. The van der Waals surface area contributed by atoms with Crippen molar-refractivity contribution in [1.29, 1.82) is 0 Å². The quantitative estimate of drug-likeness (QED) is 0.699. The van der Waals surface area contributed by atoms with Gasteiger partial charge in [0.25, 0.3) is 0 Å². The molecule has 0 aliphatic rings. The molecule has 0 spiro atoms. The van der Waals surface area contributed by atoms with Crippen LogP contribution in [0.5, 0.6) is 0 Å². The second kappa shape index (κ2) is 3.68. The largest absolute Gasteiger partial charge is 0.355 e. The highest BCUT2D eigenvalue weighted by molar-refractivity contribution is 5.40. The van der Waals surface area contributed by atoms with Crippen LogP contribution < -0.4 is 4.90 Å². The fourth-order valence-electron chi connectivity index (χ4n) is 0.936. The summed E-state index contributed by atoms with van der Waals surface area (Å²) < 4.78 is 13.4. The molecule has 1 aromatic rings. The molecule has 0 aromatic carbocycles. The summed E-state index contributed by atoms with van der Waals surface area (Å²) in [4.78, 5) is 9.45. The molecule has 3 nitrogen and oxygen atoms in total. The molecule has 4 heteroatoms. The predicted molar refractivity (Wildman–Crippen MR) is 50.3 cm³/mol. The van der Waals surface area contributed by atoms with Crippen molar-refractivity contribution < 1.29 is 4.39 Å². The molecule has 0 aliphatic carbocycles. The number of anilines is 1. The predicted octanol–water partition coefficient (Wildman–Crippen LogP) is 1.77. The van der Waals surface area contributed by atoms with E-state index in [2.05, 4.69) is 9.97 Å². The van der Waals surface area contributed by atoms with Gasteiger partial charge < -0.3 is 4.90 Å². The minimum Gasteiger partial charge on any atom is -0.355 e. The van der Waals surface area contributed by atoms with Gasteiger partial charge in [0.15, 0.2) is 11.6 Å². The van der Waals surface area contributed by atoms with Crippen molar-refractivity contribution in [3.63, 3.8) is 0 Å². The first kappa shape index (κ1) is 9.89. The summed E-state index contributed by atoms with van der Waals surface area (Å²) in [5.74, 6) is 0.0289. The van der Waals surface area contributed by atoms with Crippen LogP contribution in [0.3, 0.4) is 0 Å². The summed E-state index contributed by atoms with van der Waals surface area (Å²) in [6.45, 7) is 5.60. The zero-order valence-electron chi connectivity index (χ0n) is 8.37. The van der Waals surface area contributed by atoms with Gasteiger partial charge in [-0.15, -0.1) is 0 Å². The lowest BCUT2D eigenvalue weighted by atomic mass is 10.3. The van der Waals surface area contributed by atoms with Crippen molar-refractivity contribution in [2.75, 3.05) is 11.9 Å². The van der Waals surface area contributed by atoms with E-state index < -0.39 is 0 Å². The van der Waals surface area contributed by atoms with E-state index in [0.29, 0.717) is 11.5 Å². The van der Waals surface area contributed by atoms with Crippen LogP contribution in [0.2, 0.25) is 0 Å². The fourth-order valence-corrected chi connectivity index (χ4v) is 0.936. The first-order valence-electron chi connectivity index (χ1n) is 4.24. The van der Waals surface area contributed by atoms with Crippen LogP contribution >= 0.6 is 0 Å². The zero-order chi connectivity index (χ0) is 10.0. The van der Waals surface area contributed by atoms with E-state index >= 15 is 0 Å². The second-order valence-corrected chi connectivity index (χ2v) is 3.30. The Hall–Kier alpha value is -1.19. The Morgan fingerprint density at radius 1 is 1.38 bits per heavy atom. The Balaban J connectivity index is 3.07. The molecule has 13 heavy (non-hydrogen) atoms. The number of aryl methyl sites for hydroxylation is 1. The summed E-state index contributed by atoms with van der Waals surface area (Å²) >= 11 is 0. The summed E-state index contributed by atoms with van der Waals surface area (Å²) in [7, 11) is 1.82. The standard InChI is InChI=1S/C9H14FN3/c1-6(2)13(4)9-8(10)7(3)11-5-12-9/h5-6H,1-4H3. The van der Waals surface area contributed by atoms with E-state index in [4.69, 9.17) is 0 Å².